The third-order valence-corrected chi connectivity index (χ3v) is 3.71. The summed E-state index contributed by atoms with van der Waals surface area (Å²) in [7, 11) is 1.97. The van der Waals surface area contributed by atoms with E-state index in [-0.39, 0.29) is 10.6 Å². The van der Waals surface area contributed by atoms with Gasteiger partial charge >= 0.3 is 0 Å². The van der Waals surface area contributed by atoms with E-state index >= 15 is 0 Å². The first kappa shape index (κ1) is 13.7. The van der Waals surface area contributed by atoms with Gasteiger partial charge in [0.15, 0.2) is 0 Å². The molecule has 0 radical (unpaired) electrons. The highest BCUT2D eigenvalue weighted by Gasteiger charge is 2.20. The first-order valence-electron chi connectivity index (χ1n) is 6.64. The van der Waals surface area contributed by atoms with Crippen LogP contribution in [0.25, 0.3) is 0 Å². The molecule has 2 rings (SSSR count). The number of hydrogen-bond donors (Lipinski definition) is 1. The number of rotatable bonds is 3. The van der Waals surface area contributed by atoms with Gasteiger partial charge in [-0.15, -0.1) is 0 Å². The summed E-state index contributed by atoms with van der Waals surface area (Å²) in [6.07, 6.45) is 4.84. The molecule has 0 saturated carbocycles. The predicted molar refractivity (Wildman–Crippen MR) is 74.5 cm³/mol. The van der Waals surface area contributed by atoms with Gasteiger partial charge in [0.25, 0.3) is 5.69 Å². The number of anilines is 1. The third kappa shape index (κ3) is 3.20. The van der Waals surface area contributed by atoms with Gasteiger partial charge in [-0.1, -0.05) is 0 Å². The Kier molecular flexibility index (Phi) is 4.31. The van der Waals surface area contributed by atoms with Gasteiger partial charge in [-0.2, -0.15) is 0 Å². The van der Waals surface area contributed by atoms with Crippen molar-refractivity contribution >= 4 is 11.5 Å². The zero-order chi connectivity index (χ0) is 13.8. The highest BCUT2D eigenvalue weighted by atomic mass is 16.6. The maximum absolute atomic E-state index is 11.0. The number of hydrogen-bond acceptors (Lipinski definition) is 5. The molecule has 6 nitrogen and oxygen atoms in total. The third-order valence-electron chi connectivity index (χ3n) is 3.71. The molecule has 1 unspecified atom stereocenters. The van der Waals surface area contributed by atoms with Crippen molar-refractivity contribution in [3.63, 3.8) is 0 Å². The van der Waals surface area contributed by atoms with Crippen LogP contribution in [0, 0.1) is 17.0 Å². The van der Waals surface area contributed by atoms with Gasteiger partial charge in [0, 0.05) is 24.8 Å². The van der Waals surface area contributed by atoms with Crippen LogP contribution in [0.2, 0.25) is 0 Å². The van der Waals surface area contributed by atoms with Crippen molar-refractivity contribution in [2.75, 3.05) is 25.0 Å². The van der Waals surface area contributed by atoms with E-state index in [0.29, 0.717) is 17.4 Å². The molecule has 0 bridgehead atoms. The monoisotopic (exact) mass is 264 g/mol. The number of nitro groups is 1. The molecule has 1 saturated heterocycles. The normalized spacial score (nSPS) is 19.8. The van der Waals surface area contributed by atoms with Crippen molar-refractivity contribution in [3.8, 4) is 0 Å². The SMILES string of the molecule is Cc1cnc(N(C)C2CCCNCC2)cc1[N+](=O)[O-]. The predicted octanol–water partition coefficient (Wildman–Crippen LogP) is 1.88. The summed E-state index contributed by atoms with van der Waals surface area (Å²) in [5.41, 5.74) is 0.744. The summed E-state index contributed by atoms with van der Waals surface area (Å²) >= 11 is 0. The van der Waals surface area contributed by atoms with Crippen molar-refractivity contribution < 1.29 is 4.92 Å². The van der Waals surface area contributed by atoms with Crippen molar-refractivity contribution in [1.82, 2.24) is 10.3 Å². The summed E-state index contributed by atoms with van der Waals surface area (Å²) in [5, 5.41) is 14.3. The van der Waals surface area contributed by atoms with E-state index < -0.39 is 0 Å². The average Bonchev–Trinajstić information content (AvgIpc) is 2.67. The van der Waals surface area contributed by atoms with E-state index in [0.717, 1.165) is 32.4 Å². The van der Waals surface area contributed by atoms with Crippen LogP contribution in [0.1, 0.15) is 24.8 Å². The lowest BCUT2D eigenvalue weighted by molar-refractivity contribution is -0.385. The summed E-state index contributed by atoms with van der Waals surface area (Å²) in [6.45, 7) is 3.75. The van der Waals surface area contributed by atoms with Gasteiger partial charge in [-0.05, 0) is 39.3 Å². The second-order valence-corrected chi connectivity index (χ2v) is 5.03. The summed E-state index contributed by atoms with van der Waals surface area (Å²) in [6, 6.07) is 1.97. The first-order valence-corrected chi connectivity index (χ1v) is 6.64. The molecule has 0 spiro atoms. The van der Waals surface area contributed by atoms with Crippen molar-refractivity contribution in [1.29, 1.82) is 0 Å². The minimum Gasteiger partial charge on any atom is -0.356 e. The molecule has 0 aliphatic carbocycles. The number of aryl methyl sites for hydroxylation is 1. The fourth-order valence-electron chi connectivity index (χ4n) is 2.47. The number of nitrogens with one attached hydrogen (secondary N) is 1. The van der Waals surface area contributed by atoms with Gasteiger partial charge in [0.05, 0.1) is 11.0 Å². The minimum atomic E-state index is -0.344. The molecular weight excluding hydrogens is 244 g/mol. The Morgan fingerprint density at radius 3 is 3.00 bits per heavy atom. The van der Waals surface area contributed by atoms with Crippen molar-refractivity contribution in [2.45, 2.75) is 32.2 Å². The largest absolute Gasteiger partial charge is 0.356 e. The number of pyridine rings is 1. The molecule has 19 heavy (non-hydrogen) atoms. The Bertz CT molecular complexity index is 456. The number of nitrogens with zero attached hydrogens (tertiary/aromatic N) is 3. The van der Waals surface area contributed by atoms with E-state index in [1.807, 2.05) is 7.05 Å². The van der Waals surface area contributed by atoms with Crippen LogP contribution in [0.5, 0.6) is 0 Å². The molecule has 1 aromatic rings. The Hall–Kier alpha value is -1.69. The second-order valence-electron chi connectivity index (χ2n) is 5.03. The van der Waals surface area contributed by atoms with E-state index in [4.69, 9.17) is 0 Å². The van der Waals surface area contributed by atoms with E-state index in [1.165, 1.54) is 0 Å². The molecule has 0 aromatic carbocycles. The van der Waals surface area contributed by atoms with E-state index in [2.05, 4.69) is 15.2 Å². The highest BCUT2D eigenvalue weighted by Crippen LogP contribution is 2.25. The molecule has 104 valence electrons. The molecule has 1 fully saturated rings. The molecule has 1 N–H and O–H groups in total. The summed E-state index contributed by atoms with van der Waals surface area (Å²) in [5.74, 6) is 0.684. The molecule has 1 atom stereocenters. The van der Waals surface area contributed by atoms with Crippen LogP contribution in [0.3, 0.4) is 0 Å². The number of aromatic nitrogens is 1. The fourth-order valence-corrected chi connectivity index (χ4v) is 2.47. The quantitative estimate of drug-likeness (QED) is 0.666. The van der Waals surface area contributed by atoms with Crippen LogP contribution in [0.4, 0.5) is 11.5 Å². The Balaban J connectivity index is 2.20. The van der Waals surface area contributed by atoms with Crippen molar-refractivity contribution in [2.24, 2.45) is 0 Å². The van der Waals surface area contributed by atoms with E-state index in [9.17, 15) is 10.1 Å². The standard InChI is InChI=1S/C13H20N4O2/c1-10-9-15-13(8-12(10)17(18)19)16(2)11-4-3-6-14-7-5-11/h8-9,11,14H,3-7H2,1-2H3. The smallest absolute Gasteiger partial charge is 0.277 e. The second kappa shape index (κ2) is 5.97. The lowest BCUT2D eigenvalue weighted by Gasteiger charge is -2.27. The zero-order valence-electron chi connectivity index (χ0n) is 11.4. The summed E-state index contributed by atoms with van der Waals surface area (Å²) < 4.78 is 0. The van der Waals surface area contributed by atoms with Crippen LogP contribution >= 0.6 is 0 Å². The molecule has 2 heterocycles. The first-order chi connectivity index (χ1) is 9.09. The van der Waals surface area contributed by atoms with Gasteiger partial charge in [-0.25, -0.2) is 4.98 Å². The molecule has 1 aromatic heterocycles. The van der Waals surface area contributed by atoms with Gasteiger partial charge in [-0.3, -0.25) is 10.1 Å². The maximum Gasteiger partial charge on any atom is 0.277 e. The van der Waals surface area contributed by atoms with Crippen LogP contribution in [-0.2, 0) is 0 Å². The molecule has 6 heteroatoms. The minimum absolute atomic E-state index is 0.142. The lowest BCUT2D eigenvalue weighted by Crippen LogP contribution is -2.33. The Morgan fingerprint density at radius 2 is 2.26 bits per heavy atom. The topological polar surface area (TPSA) is 71.3 Å². The highest BCUT2D eigenvalue weighted by molar-refractivity contribution is 5.50. The zero-order valence-corrected chi connectivity index (χ0v) is 11.4. The van der Waals surface area contributed by atoms with E-state index in [1.54, 1.807) is 19.2 Å². The fraction of sp³-hybridized carbons (Fsp3) is 0.615. The molecule has 1 aliphatic rings. The van der Waals surface area contributed by atoms with Crippen LogP contribution in [-0.4, -0.2) is 36.1 Å². The lowest BCUT2D eigenvalue weighted by atomic mass is 10.1. The Labute approximate surface area is 113 Å². The molecule has 1 aliphatic heterocycles. The molecular formula is C13H20N4O2. The molecule has 0 amide bonds. The van der Waals surface area contributed by atoms with Gasteiger partial charge < -0.3 is 10.2 Å². The van der Waals surface area contributed by atoms with Gasteiger partial charge in [0.2, 0.25) is 0 Å². The average molecular weight is 264 g/mol. The maximum atomic E-state index is 11.0. The van der Waals surface area contributed by atoms with Crippen LogP contribution in [0.15, 0.2) is 12.3 Å². The Morgan fingerprint density at radius 1 is 1.47 bits per heavy atom. The van der Waals surface area contributed by atoms with Crippen molar-refractivity contribution in [3.05, 3.63) is 27.9 Å². The van der Waals surface area contributed by atoms with Gasteiger partial charge in [0.1, 0.15) is 5.82 Å². The summed E-state index contributed by atoms with van der Waals surface area (Å²) in [4.78, 5) is 17.0. The van der Waals surface area contributed by atoms with Crippen LogP contribution < -0.4 is 10.2 Å².